The van der Waals surface area contributed by atoms with Crippen LogP contribution < -0.4 is 5.73 Å². The van der Waals surface area contributed by atoms with Gasteiger partial charge in [0, 0.05) is 31.1 Å². The number of nitrogens with two attached hydrogens (primary N) is 1. The second-order valence-corrected chi connectivity index (χ2v) is 6.99. The average Bonchev–Trinajstić information content (AvgIpc) is 2.63. The van der Waals surface area contributed by atoms with Gasteiger partial charge in [0.05, 0.1) is 5.41 Å². The van der Waals surface area contributed by atoms with E-state index < -0.39 is 5.41 Å². The third-order valence-corrected chi connectivity index (χ3v) is 5.69. The van der Waals surface area contributed by atoms with Gasteiger partial charge in [0.2, 0.25) is 5.91 Å². The van der Waals surface area contributed by atoms with Crippen LogP contribution in [0, 0.1) is 18.3 Å². The second-order valence-electron chi connectivity index (χ2n) is 6.99. The van der Waals surface area contributed by atoms with Crippen molar-refractivity contribution < 1.29 is 9.59 Å². The van der Waals surface area contributed by atoms with Gasteiger partial charge in [-0.05, 0) is 32.6 Å². The average molecular weight is 367 g/mol. The smallest absolute Gasteiger partial charge is 0.230 e. The molecule has 25 heavy (non-hydrogen) atoms. The van der Waals surface area contributed by atoms with E-state index in [9.17, 15) is 9.59 Å². The molecule has 0 spiro atoms. The monoisotopic (exact) mass is 366 g/mol. The fourth-order valence-electron chi connectivity index (χ4n) is 3.56. The molecule has 0 unspecified atom stereocenters. The number of hydrogen-bond donors (Lipinski definition) is 1. The molecule has 2 rings (SSSR count). The van der Waals surface area contributed by atoms with E-state index in [0.29, 0.717) is 19.6 Å². The highest BCUT2D eigenvalue weighted by molar-refractivity contribution is 5.98. The first kappa shape index (κ1) is 21.7. The fourth-order valence-corrected chi connectivity index (χ4v) is 3.56. The molecule has 1 heterocycles. The summed E-state index contributed by atoms with van der Waals surface area (Å²) in [5.41, 5.74) is 7.40. The minimum absolute atomic E-state index is 0. The van der Waals surface area contributed by atoms with Crippen molar-refractivity contribution in [3.05, 3.63) is 35.4 Å². The molecular weight excluding hydrogens is 336 g/mol. The third-order valence-electron chi connectivity index (χ3n) is 5.69. The molecule has 0 saturated carbocycles. The quantitative estimate of drug-likeness (QED) is 0.782. The van der Waals surface area contributed by atoms with Crippen molar-refractivity contribution in [1.29, 1.82) is 0 Å². The number of piperidine rings is 1. The number of carbonyl (C=O) groups excluding carboxylic acids is 2. The van der Waals surface area contributed by atoms with Crippen LogP contribution in [0.1, 0.15) is 55.5 Å². The Kier molecular flexibility index (Phi) is 8.10. The highest BCUT2D eigenvalue weighted by Gasteiger charge is 2.38. The first-order chi connectivity index (χ1) is 11.5. The number of nitrogens with zero attached hydrogens (tertiary/aromatic N) is 1. The van der Waals surface area contributed by atoms with Gasteiger partial charge in [0.15, 0.2) is 5.78 Å². The Hall–Kier alpha value is -1.39. The lowest BCUT2D eigenvalue weighted by atomic mass is 9.80. The molecule has 0 aromatic heterocycles. The maximum atomic E-state index is 12.9. The number of carbonyl (C=O) groups is 2. The molecule has 0 aliphatic carbocycles. The number of amides is 1. The van der Waals surface area contributed by atoms with Gasteiger partial charge < -0.3 is 10.6 Å². The Balaban J connectivity index is 0.00000312. The molecular formula is C20H31ClN2O2. The molecule has 1 fully saturated rings. The predicted octanol–water partition coefficient (Wildman–Crippen LogP) is 3.60. The normalized spacial score (nSPS) is 15.6. The summed E-state index contributed by atoms with van der Waals surface area (Å²) in [5.74, 6) is 0.390. The Morgan fingerprint density at radius 3 is 2.08 bits per heavy atom. The van der Waals surface area contributed by atoms with Crippen LogP contribution in [0.15, 0.2) is 24.3 Å². The lowest BCUT2D eigenvalue weighted by Gasteiger charge is -2.38. The van der Waals surface area contributed by atoms with Gasteiger partial charge in [-0.15, -0.1) is 12.4 Å². The molecule has 2 N–H and O–H groups in total. The zero-order chi connectivity index (χ0) is 17.7. The number of ketones is 1. The van der Waals surface area contributed by atoms with Crippen LogP contribution in [-0.2, 0) is 4.79 Å². The van der Waals surface area contributed by atoms with Crippen molar-refractivity contribution in [2.45, 2.75) is 46.5 Å². The summed E-state index contributed by atoms with van der Waals surface area (Å²) >= 11 is 0. The summed E-state index contributed by atoms with van der Waals surface area (Å²) in [6.07, 6.45) is 3.02. The second kappa shape index (κ2) is 9.35. The molecule has 1 saturated heterocycles. The molecule has 5 heteroatoms. The Bertz CT molecular complexity index is 566. The largest absolute Gasteiger partial charge is 0.342 e. The lowest BCUT2D eigenvalue weighted by molar-refractivity contribution is -0.143. The van der Waals surface area contributed by atoms with Gasteiger partial charge in [-0.25, -0.2) is 0 Å². The summed E-state index contributed by atoms with van der Waals surface area (Å²) in [4.78, 5) is 27.4. The zero-order valence-electron chi connectivity index (χ0n) is 15.6. The van der Waals surface area contributed by atoms with Crippen molar-refractivity contribution in [2.75, 3.05) is 19.6 Å². The first-order valence-corrected chi connectivity index (χ1v) is 9.07. The van der Waals surface area contributed by atoms with Gasteiger partial charge in [-0.2, -0.15) is 0 Å². The van der Waals surface area contributed by atoms with Crippen molar-refractivity contribution in [2.24, 2.45) is 17.1 Å². The van der Waals surface area contributed by atoms with Gasteiger partial charge >= 0.3 is 0 Å². The van der Waals surface area contributed by atoms with Gasteiger partial charge in [-0.3, -0.25) is 9.59 Å². The van der Waals surface area contributed by atoms with Gasteiger partial charge in [-0.1, -0.05) is 43.7 Å². The molecule has 1 aromatic carbocycles. The zero-order valence-corrected chi connectivity index (χ0v) is 16.4. The van der Waals surface area contributed by atoms with Crippen LogP contribution in [0.4, 0.5) is 0 Å². The molecule has 4 nitrogen and oxygen atoms in total. The van der Waals surface area contributed by atoms with Crippen LogP contribution >= 0.6 is 12.4 Å². The van der Waals surface area contributed by atoms with Crippen molar-refractivity contribution in [1.82, 2.24) is 4.90 Å². The van der Waals surface area contributed by atoms with E-state index in [1.54, 1.807) is 0 Å². The van der Waals surface area contributed by atoms with E-state index in [1.807, 2.05) is 49.9 Å². The van der Waals surface area contributed by atoms with Crippen molar-refractivity contribution in [3.8, 4) is 0 Å². The lowest BCUT2D eigenvalue weighted by Crippen LogP contribution is -2.50. The summed E-state index contributed by atoms with van der Waals surface area (Å²) < 4.78 is 0. The number of hydrogen-bond acceptors (Lipinski definition) is 3. The number of likely N-dealkylation sites (tertiary alicyclic amines) is 1. The van der Waals surface area contributed by atoms with Crippen LogP contribution in [0.25, 0.3) is 0 Å². The minimum Gasteiger partial charge on any atom is -0.342 e. The fraction of sp³-hybridized carbons (Fsp3) is 0.600. The SMILES string of the molecule is CCC(CC)(CN)C(=O)N1CCC(C(=O)c2ccc(C)cc2)CC1.Cl. The molecule has 1 aliphatic heterocycles. The maximum Gasteiger partial charge on any atom is 0.230 e. The highest BCUT2D eigenvalue weighted by atomic mass is 35.5. The van der Waals surface area contributed by atoms with E-state index in [0.717, 1.165) is 36.8 Å². The Morgan fingerprint density at radius 2 is 1.64 bits per heavy atom. The van der Waals surface area contributed by atoms with E-state index in [2.05, 4.69) is 0 Å². The summed E-state index contributed by atoms with van der Waals surface area (Å²) in [6.45, 7) is 7.78. The van der Waals surface area contributed by atoms with E-state index in [4.69, 9.17) is 5.73 Å². The first-order valence-electron chi connectivity index (χ1n) is 9.07. The molecule has 1 aromatic rings. The van der Waals surface area contributed by atoms with Crippen LogP contribution in [0.3, 0.4) is 0 Å². The number of halogens is 1. The molecule has 140 valence electrons. The van der Waals surface area contributed by atoms with Crippen LogP contribution in [-0.4, -0.2) is 36.2 Å². The number of Topliss-reactive ketones (excluding diaryl/α,β-unsaturated/α-hetero) is 1. The molecule has 0 bridgehead atoms. The molecule has 0 atom stereocenters. The standard InChI is InChI=1S/C20H30N2O2.ClH/c1-4-20(5-2,14-21)19(24)22-12-10-17(11-13-22)18(23)16-8-6-15(3)7-9-16;/h6-9,17H,4-5,10-14,21H2,1-3H3;1H. The minimum atomic E-state index is -0.437. The van der Waals surface area contributed by atoms with Crippen LogP contribution in [0.5, 0.6) is 0 Å². The van der Waals surface area contributed by atoms with E-state index in [-0.39, 0.29) is 30.0 Å². The maximum absolute atomic E-state index is 12.9. The topological polar surface area (TPSA) is 63.4 Å². The highest BCUT2D eigenvalue weighted by Crippen LogP contribution is 2.30. The van der Waals surface area contributed by atoms with E-state index >= 15 is 0 Å². The van der Waals surface area contributed by atoms with Gasteiger partial charge in [0.1, 0.15) is 0 Å². The summed E-state index contributed by atoms with van der Waals surface area (Å²) in [7, 11) is 0. The third kappa shape index (κ3) is 4.62. The van der Waals surface area contributed by atoms with E-state index in [1.165, 1.54) is 0 Å². The van der Waals surface area contributed by atoms with Crippen molar-refractivity contribution >= 4 is 24.1 Å². The summed E-state index contributed by atoms with van der Waals surface area (Å²) in [5, 5.41) is 0. The Labute approximate surface area is 157 Å². The Morgan fingerprint density at radius 1 is 1.12 bits per heavy atom. The van der Waals surface area contributed by atoms with Crippen molar-refractivity contribution in [3.63, 3.8) is 0 Å². The summed E-state index contributed by atoms with van der Waals surface area (Å²) in [6, 6.07) is 7.76. The van der Waals surface area contributed by atoms with Crippen LogP contribution in [0.2, 0.25) is 0 Å². The number of benzene rings is 1. The number of rotatable bonds is 6. The van der Waals surface area contributed by atoms with Gasteiger partial charge in [0.25, 0.3) is 0 Å². The molecule has 0 radical (unpaired) electrons. The predicted molar refractivity (Wildman–Crippen MR) is 104 cm³/mol. The molecule has 1 aliphatic rings. The molecule has 1 amide bonds. The number of aryl methyl sites for hydroxylation is 1.